The number of benzene rings is 2. The average Bonchev–Trinajstić information content (AvgIpc) is 1.70. The van der Waals surface area contributed by atoms with E-state index in [0.29, 0.717) is 135 Å². The van der Waals surface area contributed by atoms with Crippen LogP contribution in [0.2, 0.25) is 0 Å². The number of aromatic nitrogens is 2. The summed E-state index contributed by atoms with van der Waals surface area (Å²) in [5, 5.41) is 4.17. The highest BCUT2D eigenvalue weighted by molar-refractivity contribution is 7.85. The van der Waals surface area contributed by atoms with Crippen LogP contribution in [0, 0.1) is 23.3 Å². The van der Waals surface area contributed by atoms with E-state index < -0.39 is 68.4 Å². The first-order chi connectivity index (χ1) is 41.0. The number of aliphatic imine (C=N–C) groups is 1. The number of carbonyl (C=O) groups is 4. The molecule has 0 spiro atoms. The molecule has 1 saturated heterocycles. The van der Waals surface area contributed by atoms with Crippen LogP contribution in [0.4, 0.5) is 23.2 Å². The summed E-state index contributed by atoms with van der Waals surface area (Å²) in [7, 11) is -5.65. The molecular weight excluding hydrogens is 1160 g/mol. The van der Waals surface area contributed by atoms with E-state index in [4.69, 9.17) is 62.5 Å². The number of esters is 1. The van der Waals surface area contributed by atoms with Crippen LogP contribution in [0.5, 0.6) is 5.75 Å². The summed E-state index contributed by atoms with van der Waals surface area (Å²) >= 11 is 0. The van der Waals surface area contributed by atoms with Gasteiger partial charge in [-0.1, -0.05) is 19.1 Å². The lowest BCUT2D eigenvalue weighted by atomic mass is 10.0. The van der Waals surface area contributed by atoms with Gasteiger partial charge >= 0.3 is 16.1 Å². The van der Waals surface area contributed by atoms with Gasteiger partial charge in [-0.15, -0.1) is 0 Å². The van der Waals surface area contributed by atoms with Crippen LogP contribution >= 0.6 is 0 Å². The van der Waals surface area contributed by atoms with Crippen LogP contribution in [-0.2, 0) is 76.7 Å². The van der Waals surface area contributed by atoms with Gasteiger partial charge in [0.15, 0.2) is 16.5 Å². The maximum Gasteiger partial charge on any atom is 0.313 e. The molecule has 472 valence electrons. The van der Waals surface area contributed by atoms with Gasteiger partial charge in [0.2, 0.25) is 29.1 Å². The smallest absolute Gasteiger partial charge is 0.313 e. The third-order valence-corrected chi connectivity index (χ3v) is 12.8. The normalized spacial score (nSPS) is 14.1. The van der Waals surface area contributed by atoms with Crippen molar-refractivity contribution in [3.63, 3.8) is 0 Å². The second-order valence-corrected chi connectivity index (χ2v) is 19.5. The van der Waals surface area contributed by atoms with E-state index in [9.17, 15) is 45.2 Å². The highest BCUT2D eigenvalue weighted by Gasteiger charge is 2.39. The minimum Gasteiger partial charge on any atom is -0.420 e. The Morgan fingerprint density at radius 3 is 1.62 bits per heavy atom. The zero-order valence-corrected chi connectivity index (χ0v) is 48.2. The summed E-state index contributed by atoms with van der Waals surface area (Å²) in [5.74, 6) is -13.4. The molecule has 0 aliphatic carbocycles. The third-order valence-electron chi connectivity index (χ3n) is 12.0. The lowest BCUT2D eigenvalue weighted by Gasteiger charge is -2.39. The Labute approximate surface area is 489 Å². The summed E-state index contributed by atoms with van der Waals surface area (Å²) in [6, 6.07) is 4.87. The number of fused-ring (bicyclic) bond motifs is 1. The number of hydroxylamine groups is 2. The molecule has 3 heterocycles. The molecule has 0 unspecified atom stereocenters. The van der Waals surface area contributed by atoms with Gasteiger partial charge in [0.25, 0.3) is 11.8 Å². The Hall–Kier alpha value is -6.20. The van der Waals surface area contributed by atoms with Crippen molar-refractivity contribution in [2.75, 3.05) is 158 Å². The number of likely N-dealkylation sites (tertiary alicyclic amines) is 1. The Bertz CT molecular complexity index is 2750. The Morgan fingerprint density at radius 1 is 0.694 bits per heavy atom. The maximum atomic E-state index is 14.0. The summed E-state index contributed by atoms with van der Waals surface area (Å²) in [6.45, 7) is 10.8. The van der Waals surface area contributed by atoms with Crippen LogP contribution in [0.3, 0.4) is 0 Å². The van der Waals surface area contributed by atoms with Gasteiger partial charge in [-0.25, -0.2) is 28.8 Å². The molecule has 3 amide bonds. The second-order valence-electron chi connectivity index (χ2n) is 18.2. The predicted molar refractivity (Wildman–Crippen MR) is 292 cm³/mol. The molecule has 4 N–H and O–H groups in total. The third kappa shape index (κ3) is 23.5. The molecule has 1 atom stereocenters. The first-order valence-electron chi connectivity index (χ1n) is 27.4. The van der Waals surface area contributed by atoms with E-state index >= 15 is 0 Å². The van der Waals surface area contributed by atoms with E-state index in [1.165, 1.54) is 22.4 Å². The van der Waals surface area contributed by atoms with Crippen molar-refractivity contribution in [2.24, 2.45) is 10.7 Å². The lowest BCUT2D eigenvalue weighted by molar-refractivity contribution is -0.180. The minimum atomic E-state index is -5.65. The lowest BCUT2D eigenvalue weighted by Crippen LogP contribution is -2.58. The van der Waals surface area contributed by atoms with Crippen molar-refractivity contribution in [3.8, 4) is 16.9 Å². The van der Waals surface area contributed by atoms with E-state index in [1.807, 2.05) is 32.0 Å². The number of nitrogens with two attached hydrogens (primary N) is 1. The highest BCUT2D eigenvalue weighted by Crippen LogP contribution is 2.34. The van der Waals surface area contributed by atoms with Crippen molar-refractivity contribution in [1.82, 2.24) is 25.2 Å². The summed E-state index contributed by atoms with van der Waals surface area (Å²) < 4.78 is 145. The number of ether oxygens (including phenoxy) is 11. The number of halogens is 4. The van der Waals surface area contributed by atoms with Gasteiger partial charge in [0.05, 0.1) is 151 Å². The minimum absolute atomic E-state index is 0.0122. The van der Waals surface area contributed by atoms with E-state index in [1.54, 1.807) is 6.08 Å². The van der Waals surface area contributed by atoms with Crippen molar-refractivity contribution in [2.45, 2.75) is 50.5 Å². The number of nitrogens with zero attached hydrogens (tertiary/aromatic N) is 5. The molecule has 2 aromatic carbocycles. The van der Waals surface area contributed by atoms with E-state index in [0.717, 1.165) is 17.5 Å². The molecule has 0 saturated carbocycles. The number of amides is 3. The van der Waals surface area contributed by atoms with Crippen LogP contribution in [0.25, 0.3) is 17.2 Å². The fraction of sp³-hybridized carbons (Fsp3) is 0.574. The quantitative estimate of drug-likeness (QED) is 0.0139. The Kier molecular flexibility index (Phi) is 31.2. The van der Waals surface area contributed by atoms with Gasteiger partial charge in [-0.05, 0) is 37.5 Å². The molecule has 2 aliphatic heterocycles. The molecular formula is C54H73F4N7O19S. The number of amidine groups is 1. The molecule has 1 aromatic heterocycles. The number of carbonyl (C=O) groups excluding carboxylic acids is 4. The van der Waals surface area contributed by atoms with Crippen molar-refractivity contribution in [3.05, 3.63) is 70.8 Å². The molecule has 1 fully saturated rings. The first kappa shape index (κ1) is 69.6. The van der Waals surface area contributed by atoms with Crippen molar-refractivity contribution in [1.29, 1.82) is 0 Å². The monoisotopic (exact) mass is 1230 g/mol. The predicted octanol–water partition coefficient (Wildman–Crippen LogP) is 3.41. The number of rotatable bonds is 43. The number of hydrogen-bond donors (Lipinski definition) is 3. The molecule has 0 radical (unpaired) electrons. The van der Waals surface area contributed by atoms with Crippen LogP contribution in [0.1, 0.15) is 55.7 Å². The molecule has 85 heavy (non-hydrogen) atoms. The molecule has 0 bridgehead atoms. The molecule has 5 rings (SSSR count). The van der Waals surface area contributed by atoms with E-state index in [2.05, 4.69) is 25.0 Å². The SMILES string of the molecule is CCCN(OCC)C(=O)C1=Cc2ccc(-c3cnc(C(=O)N4CC[C@@H]4C(=O)NCCOCCOCCOCCOCCOCCOCCOCCOCCOCCOCCC(=O)Oc4c(F)c(F)c(S(=O)(=O)O)c(F)c4F)nc3)cc2N=C(N)C1. The first-order valence-corrected chi connectivity index (χ1v) is 28.8. The fourth-order valence-corrected chi connectivity index (χ4v) is 8.38. The van der Waals surface area contributed by atoms with Gasteiger partial charge in [-0.2, -0.15) is 17.2 Å². The van der Waals surface area contributed by atoms with Crippen LogP contribution < -0.4 is 15.8 Å². The summed E-state index contributed by atoms with van der Waals surface area (Å²) in [5.41, 5.74) is 9.37. The van der Waals surface area contributed by atoms with Gasteiger partial charge in [0.1, 0.15) is 11.9 Å². The zero-order valence-electron chi connectivity index (χ0n) is 47.4. The highest BCUT2D eigenvalue weighted by atomic mass is 32.2. The average molecular weight is 1230 g/mol. The number of nitrogens with one attached hydrogen (secondary N) is 1. The molecule has 2 aliphatic rings. The topological polar surface area (TPSA) is 316 Å². The summed E-state index contributed by atoms with van der Waals surface area (Å²) in [6.07, 6.45) is 5.68. The molecule has 26 nitrogen and oxygen atoms in total. The zero-order chi connectivity index (χ0) is 61.4. The van der Waals surface area contributed by atoms with Gasteiger partial charge in [0, 0.05) is 55.1 Å². The van der Waals surface area contributed by atoms with Crippen LogP contribution in [0.15, 0.2) is 46.1 Å². The summed E-state index contributed by atoms with van der Waals surface area (Å²) in [4.78, 5) is 69.2. The Balaban J connectivity index is 0.755. The van der Waals surface area contributed by atoms with Crippen molar-refractivity contribution >= 4 is 51.4 Å². The standard InChI is InChI=1S/C54H73F4N7O19S/c1-3-10-65(83-4-2)53(68)39-32-38-6-5-37(33-41(38)63-43(59)34-39)40-35-61-51(62-36-40)54(69)64-11-7-42(64)52(67)60-9-13-74-15-17-76-19-21-78-23-25-80-27-29-82-31-30-81-28-26-79-24-22-77-20-18-75-16-14-73-12-8-44(66)84-49-45(55)47(57)50(85(70,71)72)48(58)46(49)56/h5-6,32-33,35-36,42H,3-4,7-31,34H2,1-2H3,(H2,59,63)(H,60,67)(H,70,71,72)/t42-/m1/s1. The molecule has 31 heteroatoms. The molecule has 3 aromatic rings. The van der Waals surface area contributed by atoms with Crippen molar-refractivity contribution < 1.29 is 107 Å². The van der Waals surface area contributed by atoms with Gasteiger partial charge < -0.3 is 68.1 Å². The maximum absolute atomic E-state index is 14.0. The fourth-order valence-electron chi connectivity index (χ4n) is 7.74. The van der Waals surface area contributed by atoms with Crippen LogP contribution in [-0.4, -0.2) is 227 Å². The number of hydrogen-bond acceptors (Lipinski definition) is 22. The largest absolute Gasteiger partial charge is 0.420 e. The Morgan fingerprint density at radius 2 is 1.18 bits per heavy atom. The van der Waals surface area contributed by atoms with E-state index in [-0.39, 0.29) is 76.1 Å². The van der Waals surface area contributed by atoms with Gasteiger partial charge in [-0.3, -0.25) is 28.6 Å². The second kappa shape index (κ2) is 38.1.